The van der Waals surface area contributed by atoms with Gasteiger partial charge in [0.05, 0.1) is 22.8 Å². The minimum absolute atomic E-state index is 0.168. The molecule has 8 nitrogen and oxygen atoms in total. The van der Waals surface area contributed by atoms with Crippen molar-refractivity contribution in [1.82, 2.24) is 19.7 Å². The Hall–Kier alpha value is -3.52. The van der Waals surface area contributed by atoms with Crippen molar-refractivity contribution in [2.24, 2.45) is 12.5 Å². The van der Waals surface area contributed by atoms with Crippen LogP contribution in [0.3, 0.4) is 0 Å². The van der Waals surface area contributed by atoms with Crippen LogP contribution in [0, 0.1) is 26.2 Å². The first-order chi connectivity index (χ1) is 17.9. The minimum Gasteiger partial charge on any atom is -0.313 e. The Kier molecular flexibility index (Phi) is 7.74. The topological polar surface area (TPSA) is 74.6 Å². The molecule has 3 aromatic rings. The monoisotopic (exact) mass is 516 g/mol. The van der Waals surface area contributed by atoms with E-state index in [9.17, 15) is 9.59 Å². The van der Waals surface area contributed by atoms with Gasteiger partial charge in [-0.3, -0.25) is 24.2 Å². The standard InChI is InChI=1S/C30H40N6O2/c1-9-36-26-13-11-23(17-27(26)33(7)28(37)30(5,6)29(36)38)18-35(19-25-16-21(3)32-34(25)8)15-14-24-12-10-20(2)31-22(24)4/h10-13,16-17H,9,14-15,18-19H2,1-8H3. The summed E-state index contributed by atoms with van der Waals surface area (Å²) < 4.78 is 1.94. The van der Waals surface area contributed by atoms with E-state index in [1.165, 1.54) is 5.56 Å². The molecule has 2 amide bonds. The fraction of sp³-hybridized carbons (Fsp3) is 0.467. The molecule has 0 unspecified atom stereocenters. The summed E-state index contributed by atoms with van der Waals surface area (Å²) in [5.41, 5.74) is 7.00. The molecule has 0 spiro atoms. The van der Waals surface area contributed by atoms with Crippen molar-refractivity contribution in [2.45, 2.75) is 61.1 Å². The fourth-order valence-electron chi connectivity index (χ4n) is 5.32. The molecule has 1 aliphatic rings. The molecular formula is C30H40N6O2. The van der Waals surface area contributed by atoms with E-state index in [4.69, 9.17) is 0 Å². The van der Waals surface area contributed by atoms with E-state index in [-0.39, 0.29) is 11.8 Å². The Balaban J connectivity index is 1.65. The Bertz CT molecular complexity index is 1360. The number of amides is 2. The Morgan fingerprint density at radius 1 is 0.895 bits per heavy atom. The van der Waals surface area contributed by atoms with E-state index in [0.717, 1.165) is 59.2 Å². The SMILES string of the molecule is CCN1C(=O)C(C)(C)C(=O)N(C)c2cc(CN(CCc3ccc(C)nc3C)Cc3cc(C)nn3C)ccc21. The Morgan fingerprint density at radius 2 is 1.63 bits per heavy atom. The lowest BCUT2D eigenvalue weighted by molar-refractivity contribution is -0.137. The largest absolute Gasteiger partial charge is 0.313 e. The molecule has 2 aromatic heterocycles. The highest BCUT2D eigenvalue weighted by Crippen LogP contribution is 2.39. The highest BCUT2D eigenvalue weighted by molar-refractivity contribution is 6.19. The average Bonchev–Trinajstić information content (AvgIpc) is 3.17. The average molecular weight is 517 g/mol. The minimum atomic E-state index is -1.12. The summed E-state index contributed by atoms with van der Waals surface area (Å²) in [7, 11) is 3.75. The van der Waals surface area contributed by atoms with Crippen LogP contribution in [-0.2, 0) is 36.1 Å². The molecule has 0 aliphatic carbocycles. The number of aromatic nitrogens is 3. The van der Waals surface area contributed by atoms with Crippen molar-refractivity contribution in [3.05, 3.63) is 70.3 Å². The number of aryl methyl sites for hydroxylation is 4. The zero-order chi connectivity index (χ0) is 27.8. The maximum atomic E-state index is 13.3. The number of nitrogens with zero attached hydrogens (tertiary/aromatic N) is 6. The van der Waals surface area contributed by atoms with Crippen LogP contribution in [0.5, 0.6) is 0 Å². The second-order valence-corrected chi connectivity index (χ2v) is 10.9. The van der Waals surface area contributed by atoms with Gasteiger partial charge in [-0.05, 0) is 83.4 Å². The first-order valence-corrected chi connectivity index (χ1v) is 13.3. The number of hydrogen-bond acceptors (Lipinski definition) is 5. The number of hydrogen-bond donors (Lipinski definition) is 0. The van der Waals surface area contributed by atoms with Crippen molar-refractivity contribution in [1.29, 1.82) is 0 Å². The molecule has 0 fully saturated rings. The van der Waals surface area contributed by atoms with Gasteiger partial charge in [-0.1, -0.05) is 12.1 Å². The van der Waals surface area contributed by atoms with Gasteiger partial charge in [0.1, 0.15) is 5.41 Å². The van der Waals surface area contributed by atoms with Crippen LogP contribution < -0.4 is 9.80 Å². The molecule has 3 heterocycles. The third-order valence-electron chi connectivity index (χ3n) is 7.55. The lowest BCUT2D eigenvalue weighted by atomic mass is 9.90. The van der Waals surface area contributed by atoms with Gasteiger partial charge in [0.2, 0.25) is 11.8 Å². The van der Waals surface area contributed by atoms with E-state index in [1.54, 1.807) is 30.7 Å². The molecule has 8 heteroatoms. The molecular weight excluding hydrogens is 476 g/mol. The summed E-state index contributed by atoms with van der Waals surface area (Å²) in [5.74, 6) is -0.361. The molecule has 0 radical (unpaired) electrons. The van der Waals surface area contributed by atoms with E-state index in [1.807, 2.05) is 38.6 Å². The van der Waals surface area contributed by atoms with Crippen LogP contribution in [0.1, 0.15) is 54.7 Å². The third kappa shape index (κ3) is 5.36. The molecule has 0 bridgehead atoms. The summed E-state index contributed by atoms with van der Waals surface area (Å²) in [5, 5.41) is 4.54. The second kappa shape index (κ2) is 10.7. The van der Waals surface area contributed by atoms with Crippen LogP contribution in [0.2, 0.25) is 0 Å². The lowest BCUT2D eigenvalue weighted by Crippen LogP contribution is -2.47. The van der Waals surface area contributed by atoms with E-state index in [2.05, 4.69) is 52.2 Å². The highest BCUT2D eigenvalue weighted by atomic mass is 16.2. The number of carbonyl (C=O) groups excluding carboxylic acids is 2. The van der Waals surface area contributed by atoms with Crippen molar-refractivity contribution < 1.29 is 9.59 Å². The molecule has 202 valence electrons. The van der Waals surface area contributed by atoms with Gasteiger partial charge in [0.15, 0.2) is 0 Å². The van der Waals surface area contributed by atoms with Gasteiger partial charge in [-0.25, -0.2) is 0 Å². The van der Waals surface area contributed by atoms with E-state index >= 15 is 0 Å². The van der Waals surface area contributed by atoms with Gasteiger partial charge < -0.3 is 9.80 Å². The molecule has 4 rings (SSSR count). The maximum Gasteiger partial charge on any atom is 0.242 e. The van der Waals surface area contributed by atoms with Crippen molar-refractivity contribution in [3.63, 3.8) is 0 Å². The van der Waals surface area contributed by atoms with Crippen LogP contribution in [0.25, 0.3) is 0 Å². The van der Waals surface area contributed by atoms with E-state index in [0.29, 0.717) is 13.1 Å². The maximum absolute atomic E-state index is 13.3. The first kappa shape index (κ1) is 27.5. The third-order valence-corrected chi connectivity index (χ3v) is 7.55. The summed E-state index contributed by atoms with van der Waals surface area (Å²) in [4.78, 5) is 36.9. The molecule has 0 atom stereocenters. The fourth-order valence-corrected chi connectivity index (χ4v) is 5.32. The zero-order valence-corrected chi connectivity index (χ0v) is 24.0. The number of fused-ring (bicyclic) bond motifs is 1. The predicted octanol–water partition coefficient (Wildman–Crippen LogP) is 4.34. The molecule has 1 aliphatic heterocycles. The second-order valence-electron chi connectivity index (χ2n) is 10.9. The van der Waals surface area contributed by atoms with Gasteiger partial charge in [0.25, 0.3) is 0 Å². The number of carbonyl (C=O) groups is 2. The van der Waals surface area contributed by atoms with Gasteiger partial charge >= 0.3 is 0 Å². The quantitative estimate of drug-likeness (QED) is 0.417. The molecule has 0 saturated carbocycles. The zero-order valence-electron chi connectivity index (χ0n) is 24.0. The summed E-state index contributed by atoms with van der Waals surface area (Å²) in [6, 6.07) is 12.5. The van der Waals surface area contributed by atoms with Crippen molar-refractivity contribution >= 4 is 23.2 Å². The van der Waals surface area contributed by atoms with Crippen molar-refractivity contribution in [2.75, 3.05) is 29.9 Å². The summed E-state index contributed by atoms with van der Waals surface area (Å²) in [6.07, 6.45) is 0.881. The summed E-state index contributed by atoms with van der Waals surface area (Å²) >= 11 is 0. The number of benzene rings is 1. The van der Waals surface area contributed by atoms with Crippen LogP contribution in [-0.4, -0.2) is 51.6 Å². The predicted molar refractivity (Wildman–Crippen MR) is 151 cm³/mol. The number of pyridine rings is 1. The number of rotatable bonds is 8. The van der Waals surface area contributed by atoms with Crippen LogP contribution >= 0.6 is 0 Å². The Labute approximate surface area is 226 Å². The molecule has 38 heavy (non-hydrogen) atoms. The molecule has 1 aromatic carbocycles. The van der Waals surface area contributed by atoms with Gasteiger partial charge in [-0.15, -0.1) is 0 Å². The van der Waals surface area contributed by atoms with E-state index < -0.39 is 5.41 Å². The van der Waals surface area contributed by atoms with Crippen molar-refractivity contribution in [3.8, 4) is 0 Å². The van der Waals surface area contributed by atoms with Crippen LogP contribution in [0.4, 0.5) is 11.4 Å². The lowest BCUT2D eigenvalue weighted by Gasteiger charge is -2.27. The molecule has 0 N–H and O–H groups in total. The smallest absolute Gasteiger partial charge is 0.242 e. The molecule has 0 saturated heterocycles. The summed E-state index contributed by atoms with van der Waals surface area (Å²) in [6.45, 7) is 14.3. The van der Waals surface area contributed by atoms with Crippen LogP contribution in [0.15, 0.2) is 36.4 Å². The Morgan fingerprint density at radius 3 is 2.26 bits per heavy atom. The van der Waals surface area contributed by atoms with Gasteiger partial charge in [0, 0.05) is 51.7 Å². The normalized spacial score (nSPS) is 15.3. The van der Waals surface area contributed by atoms with Gasteiger partial charge in [-0.2, -0.15) is 5.10 Å². The number of anilines is 2. The first-order valence-electron chi connectivity index (χ1n) is 13.3. The highest BCUT2D eigenvalue weighted by Gasteiger charge is 2.45.